The van der Waals surface area contributed by atoms with Crippen molar-refractivity contribution in [1.82, 2.24) is 5.32 Å². The van der Waals surface area contributed by atoms with Crippen molar-refractivity contribution in [1.29, 1.82) is 0 Å². The van der Waals surface area contributed by atoms with Crippen molar-refractivity contribution in [2.24, 2.45) is 0 Å². The highest BCUT2D eigenvalue weighted by Crippen LogP contribution is 1.97. The molecular weight excluding hydrogens is 162 g/mol. The molecule has 2 heteroatoms. The predicted octanol–water partition coefficient (Wildman–Crippen LogP) is 1.20. The van der Waals surface area contributed by atoms with Gasteiger partial charge >= 0.3 is 0 Å². The molecule has 0 saturated heterocycles. The Labute approximate surface area is 79.6 Å². The van der Waals surface area contributed by atoms with E-state index < -0.39 is 0 Å². The maximum Gasteiger partial charge on any atom is 0.0636 e. The summed E-state index contributed by atoms with van der Waals surface area (Å²) in [5.74, 6) is 0. The van der Waals surface area contributed by atoms with E-state index in [2.05, 4.69) is 17.4 Å². The largest absolute Gasteiger partial charge is 0.392 e. The molecule has 0 saturated carbocycles. The van der Waals surface area contributed by atoms with Crippen molar-refractivity contribution in [3.05, 3.63) is 35.9 Å². The van der Waals surface area contributed by atoms with Crippen LogP contribution in [0.1, 0.15) is 12.5 Å². The van der Waals surface area contributed by atoms with Crippen LogP contribution >= 0.6 is 0 Å². The first-order valence-corrected chi connectivity index (χ1v) is 4.72. The van der Waals surface area contributed by atoms with E-state index in [4.69, 9.17) is 5.11 Å². The molecule has 0 aromatic heterocycles. The highest BCUT2D eigenvalue weighted by Gasteiger charge is 1.94. The summed E-state index contributed by atoms with van der Waals surface area (Å²) in [6.07, 6.45) is 0.767. The zero-order valence-corrected chi connectivity index (χ0v) is 8.03. The fourth-order valence-corrected chi connectivity index (χ4v) is 1.19. The molecule has 1 unspecified atom stereocenters. The minimum atomic E-state index is -0.254. The Morgan fingerprint density at radius 1 is 1.31 bits per heavy atom. The van der Waals surface area contributed by atoms with Crippen LogP contribution in [0.2, 0.25) is 0 Å². The van der Waals surface area contributed by atoms with Gasteiger partial charge in [-0.15, -0.1) is 0 Å². The summed E-state index contributed by atoms with van der Waals surface area (Å²) in [6, 6.07) is 10.3. The number of benzene rings is 1. The third kappa shape index (κ3) is 4.65. The Balaban J connectivity index is 2.13. The van der Waals surface area contributed by atoms with Crippen LogP contribution in [-0.4, -0.2) is 24.3 Å². The summed E-state index contributed by atoms with van der Waals surface area (Å²) in [5, 5.41) is 12.2. The fourth-order valence-electron chi connectivity index (χ4n) is 1.19. The van der Waals surface area contributed by atoms with Gasteiger partial charge in [-0.1, -0.05) is 30.3 Å². The van der Waals surface area contributed by atoms with Gasteiger partial charge in [0.25, 0.3) is 0 Å². The Morgan fingerprint density at radius 3 is 2.62 bits per heavy atom. The van der Waals surface area contributed by atoms with Crippen LogP contribution < -0.4 is 5.32 Å². The number of aliphatic hydroxyl groups excluding tert-OH is 1. The first-order chi connectivity index (χ1) is 6.29. The van der Waals surface area contributed by atoms with E-state index in [1.807, 2.05) is 18.2 Å². The molecule has 1 rings (SSSR count). The van der Waals surface area contributed by atoms with Gasteiger partial charge in [-0.3, -0.25) is 0 Å². The molecule has 13 heavy (non-hydrogen) atoms. The van der Waals surface area contributed by atoms with Crippen molar-refractivity contribution in [3.63, 3.8) is 0 Å². The predicted molar refractivity (Wildman–Crippen MR) is 54.7 cm³/mol. The quantitative estimate of drug-likeness (QED) is 0.666. The fraction of sp³-hybridized carbons (Fsp3) is 0.455. The Morgan fingerprint density at radius 2 is 2.00 bits per heavy atom. The summed E-state index contributed by atoms with van der Waals surface area (Å²) >= 11 is 0. The summed E-state index contributed by atoms with van der Waals surface area (Å²) in [6.45, 7) is 3.39. The van der Waals surface area contributed by atoms with Crippen molar-refractivity contribution in [2.45, 2.75) is 19.4 Å². The second-order valence-corrected chi connectivity index (χ2v) is 3.29. The second-order valence-electron chi connectivity index (χ2n) is 3.29. The third-order valence-corrected chi connectivity index (χ3v) is 1.87. The van der Waals surface area contributed by atoms with Gasteiger partial charge in [-0.2, -0.15) is 0 Å². The first-order valence-electron chi connectivity index (χ1n) is 4.72. The van der Waals surface area contributed by atoms with Crippen LogP contribution in [0.3, 0.4) is 0 Å². The molecule has 1 aromatic rings. The van der Waals surface area contributed by atoms with Crippen molar-refractivity contribution in [3.8, 4) is 0 Å². The molecule has 0 aliphatic heterocycles. The normalized spacial score (nSPS) is 12.8. The van der Waals surface area contributed by atoms with E-state index in [1.54, 1.807) is 6.92 Å². The zero-order valence-electron chi connectivity index (χ0n) is 8.03. The van der Waals surface area contributed by atoms with Crippen LogP contribution in [0.5, 0.6) is 0 Å². The van der Waals surface area contributed by atoms with Crippen LogP contribution in [-0.2, 0) is 6.42 Å². The van der Waals surface area contributed by atoms with Gasteiger partial charge in [0, 0.05) is 6.54 Å². The minimum absolute atomic E-state index is 0.254. The van der Waals surface area contributed by atoms with Gasteiger partial charge in [-0.25, -0.2) is 0 Å². The molecule has 0 fully saturated rings. The number of hydrogen-bond donors (Lipinski definition) is 2. The van der Waals surface area contributed by atoms with E-state index in [-0.39, 0.29) is 6.10 Å². The van der Waals surface area contributed by atoms with Crippen molar-refractivity contribution < 1.29 is 5.11 Å². The monoisotopic (exact) mass is 179 g/mol. The second kappa shape index (κ2) is 5.73. The zero-order chi connectivity index (χ0) is 9.52. The van der Waals surface area contributed by atoms with Crippen molar-refractivity contribution >= 4 is 0 Å². The van der Waals surface area contributed by atoms with E-state index in [0.717, 1.165) is 13.0 Å². The lowest BCUT2D eigenvalue weighted by atomic mass is 10.1. The number of aliphatic hydroxyl groups is 1. The highest BCUT2D eigenvalue weighted by atomic mass is 16.3. The minimum Gasteiger partial charge on any atom is -0.392 e. The Kier molecular flexibility index (Phi) is 4.50. The SMILES string of the molecule is CC(O)CNCCc1ccccc1. The van der Waals surface area contributed by atoms with Gasteiger partial charge in [0.1, 0.15) is 0 Å². The molecule has 1 atom stereocenters. The standard InChI is InChI=1S/C11H17NO/c1-10(13)9-12-8-7-11-5-3-2-4-6-11/h2-6,10,12-13H,7-9H2,1H3. The number of hydrogen-bond acceptors (Lipinski definition) is 2. The van der Waals surface area contributed by atoms with Gasteiger partial charge < -0.3 is 10.4 Å². The molecule has 72 valence electrons. The first kappa shape index (κ1) is 10.2. The molecule has 0 heterocycles. The van der Waals surface area contributed by atoms with Crippen LogP contribution in [0.4, 0.5) is 0 Å². The van der Waals surface area contributed by atoms with Gasteiger partial charge in [0.2, 0.25) is 0 Å². The van der Waals surface area contributed by atoms with Crippen LogP contribution in [0.15, 0.2) is 30.3 Å². The molecule has 0 radical (unpaired) electrons. The lowest BCUT2D eigenvalue weighted by molar-refractivity contribution is 0.191. The number of rotatable bonds is 5. The average molecular weight is 179 g/mol. The van der Waals surface area contributed by atoms with Gasteiger partial charge in [-0.05, 0) is 25.5 Å². The van der Waals surface area contributed by atoms with Crippen molar-refractivity contribution in [2.75, 3.05) is 13.1 Å². The topological polar surface area (TPSA) is 32.3 Å². The molecular formula is C11H17NO. The smallest absolute Gasteiger partial charge is 0.0636 e. The summed E-state index contributed by atoms with van der Waals surface area (Å²) < 4.78 is 0. The van der Waals surface area contributed by atoms with Gasteiger partial charge in [0.05, 0.1) is 6.10 Å². The van der Waals surface area contributed by atoms with Crippen LogP contribution in [0, 0.1) is 0 Å². The Bertz CT molecular complexity index is 221. The molecule has 0 aliphatic carbocycles. The van der Waals surface area contributed by atoms with E-state index in [0.29, 0.717) is 6.54 Å². The third-order valence-electron chi connectivity index (χ3n) is 1.87. The maximum atomic E-state index is 8.99. The molecule has 0 amide bonds. The maximum absolute atomic E-state index is 8.99. The van der Waals surface area contributed by atoms with E-state index in [9.17, 15) is 0 Å². The lowest BCUT2D eigenvalue weighted by Crippen LogP contribution is -2.26. The number of nitrogens with one attached hydrogen (secondary N) is 1. The highest BCUT2D eigenvalue weighted by molar-refractivity contribution is 5.14. The molecule has 0 spiro atoms. The van der Waals surface area contributed by atoms with Gasteiger partial charge in [0.15, 0.2) is 0 Å². The van der Waals surface area contributed by atoms with E-state index in [1.165, 1.54) is 5.56 Å². The lowest BCUT2D eigenvalue weighted by Gasteiger charge is -2.06. The molecule has 0 bridgehead atoms. The summed E-state index contributed by atoms with van der Waals surface area (Å²) in [4.78, 5) is 0. The molecule has 0 aliphatic rings. The average Bonchev–Trinajstić information content (AvgIpc) is 2.14. The molecule has 1 aromatic carbocycles. The summed E-state index contributed by atoms with van der Waals surface area (Å²) in [7, 11) is 0. The van der Waals surface area contributed by atoms with E-state index >= 15 is 0 Å². The molecule has 2 N–H and O–H groups in total. The van der Waals surface area contributed by atoms with Crippen LogP contribution in [0.25, 0.3) is 0 Å². The Hall–Kier alpha value is -0.860. The summed E-state index contributed by atoms with van der Waals surface area (Å²) in [5.41, 5.74) is 1.33. The molecule has 2 nitrogen and oxygen atoms in total.